The Balaban J connectivity index is 2.75. The zero-order chi connectivity index (χ0) is 10.8. The molecule has 0 aromatic carbocycles. The summed E-state index contributed by atoms with van der Waals surface area (Å²) in [6.07, 6.45) is 4.77. The molecule has 0 aliphatic carbocycles. The standard InChI is InChI=1S/C11H12N2O2/c1-2-4-8-7-12-10-9(14)5-3-6-13(10)11(8)15/h3,5-7,14H,2,4H2,1H3. The van der Waals surface area contributed by atoms with E-state index in [4.69, 9.17) is 0 Å². The van der Waals surface area contributed by atoms with Crippen LogP contribution in [0, 0.1) is 0 Å². The van der Waals surface area contributed by atoms with E-state index < -0.39 is 0 Å². The fraction of sp³-hybridized carbons (Fsp3) is 0.273. The predicted octanol–water partition coefficient (Wildman–Crippen LogP) is 1.35. The molecule has 0 spiro atoms. The van der Waals surface area contributed by atoms with E-state index in [1.54, 1.807) is 18.5 Å². The third kappa shape index (κ3) is 1.58. The zero-order valence-corrected chi connectivity index (χ0v) is 8.47. The van der Waals surface area contributed by atoms with Crippen molar-refractivity contribution >= 4 is 5.65 Å². The quantitative estimate of drug-likeness (QED) is 0.803. The van der Waals surface area contributed by atoms with Gasteiger partial charge in [0.1, 0.15) is 0 Å². The molecule has 0 bridgehead atoms. The number of aromatic nitrogens is 2. The van der Waals surface area contributed by atoms with Gasteiger partial charge in [0.25, 0.3) is 5.56 Å². The molecule has 78 valence electrons. The summed E-state index contributed by atoms with van der Waals surface area (Å²) in [5, 5.41) is 9.49. The van der Waals surface area contributed by atoms with Crippen LogP contribution in [-0.2, 0) is 6.42 Å². The molecule has 0 fully saturated rings. The number of aromatic hydroxyl groups is 1. The van der Waals surface area contributed by atoms with Crippen LogP contribution in [0.1, 0.15) is 18.9 Å². The monoisotopic (exact) mass is 204 g/mol. The molecule has 0 radical (unpaired) electrons. The summed E-state index contributed by atoms with van der Waals surface area (Å²) >= 11 is 0. The van der Waals surface area contributed by atoms with Crippen molar-refractivity contribution in [3.8, 4) is 5.75 Å². The number of fused-ring (bicyclic) bond motifs is 1. The first-order valence-electron chi connectivity index (χ1n) is 4.92. The second kappa shape index (κ2) is 3.73. The molecule has 4 heteroatoms. The maximum absolute atomic E-state index is 11.9. The molecule has 0 aliphatic rings. The van der Waals surface area contributed by atoms with E-state index >= 15 is 0 Å². The van der Waals surface area contributed by atoms with Crippen molar-refractivity contribution in [2.24, 2.45) is 0 Å². The molecule has 0 saturated heterocycles. The maximum Gasteiger partial charge on any atom is 0.261 e. The van der Waals surface area contributed by atoms with Gasteiger partial charge in [-0.1, -0.05) is 13.3 Å². The van der Waals surface area contributed by atoms with Gasteiger partial charge in [0.05, 0.1) is 0 Å². The van der Waals surface area contributed by atoms with Crippen molar-refractivity contribution in [2.45, 2.75) is 19.8 Å². The third-order valence-corrected chi connectivity index (χ3v) is 2.30. The van der Waals surface area contributed by atoms with Gasteiger partial charge < -0.3 is 5.11 Å². The van der Waals surface area contributed by atoms with Crippen LogP contribution in [0.3, 0.4) is 0 Å². The van der Waals surface area contributed by atoms with E-state index in [0.29, 0.717) is 17.6 Å². The molecule has 0 unspecified atom stereocenters. The minimum absolute atomic E-state index is 0.0256. The average Bonchev–Trinajstić information content (AvgIpc) is 2.23. The highest BCUT2D eigenvalue weighted by atomic mass is 16.3. The summed E-state index contributed by atoms with van der Waals surface area (Å²) in [7, 11) is 0. The van der Waals surface area contributed by atoms with Gasteiger partial charge >= 0.3 is 0 Å². The van der Waals surface area contributed by atoms with Crippen LogP contribution in [0.5, 0.6) is 5.75 Å². The zero-order valence-electron chi connectivity index (χ0n) is 8.47. The Labute approximate surface area is 86.8 Å². The molecule has 2 heterocycles. The summed E-state index contributed by atoms with van der Waals surface area (Å²) in [6, 6.07) is 3.14. The van der Waals surface area contributed by atoms with Crippen LogP contribution >= 0.6 is 0 Å². The Bertz CT molecular complexity index is 546. The topological polar surface area (TPSA) is 54.6 Å². The van der Waals surface area contributed by atoms with Crippen molar-refractivity contribution in [2.75, 3.05) is 0 Å². The molecule has 2 aromatic rings. The highest BCUT2D eigenvalue weighted by molar-refractivity contribution is 5.51. The predicted molar refractivity (Wildman–Crippen MR) is 57.1 cm³/mol. The number of aryl methyl sites for hydroxylation is 1. The fourth-order valence-corrected chi connectivity index (χ4v) is 1.57. The van der Waals surface area contributed by atoms with Crippen molar-refractivity contribution in [3.63, 3.8) is 0 Å². The Morgan fingerprint density at radius 3 is 3.07 bits per heavy atom. The highest BCUT2D eigenvalue weighted by Crippen LogP contribution is 2.13. The maximum atomic E-state index is 11.9. The summed E-state index contributed by atoms with van der Waals surface area (Å²) in [6.45, 7) is 2.01. The second-order valence-corrected chi connectivity index (χ2v) is 3.43. The van der Waals surface area contributed by atoms with E-state index in [0.717, 1.165) is 6.42 Å². The first kappa shape index (κ1) is 9.71. The van der Waals surface area contributed by atoms with Gasteiger partial charge in [-0.2, -0.15) is 0 Å². The Hall–Kier alpha value is -1.84. The lowest BCUT2D eigenvalue weighted by Crippen LogP contribution is -2.18. The lowest BCUT2D eigenvalue weighted by molar-refractivity contribution is 0.476. The second-order valence-electron chi connectivity index (χ2n) is 3.43. The first-order chi connectivity index (χ1) is 7.24. The fourth-order valence-electron chi connectivity index (χ4n) is 1.57. The van der Waals surface area contributed by atoms with Gasteiger partial charge in [-0.05, 0) is 18.6 Å². The van der Waals surface area contributed by atoms with Crippen molar-refractivity contribution < 1.29 is 5.11 Å². The van der Waals surface area contributed by atoms with Gasteiger partial charge in [-0.15, -0.1) is 0 Å². The minimum atomic E-state index is -0.0993. The molecule has 0 amide bonds. The normalized spacial score (nSPS) is 10.7. The molecule has 2 rings (SSSR count). The molecule has 4 nitrogen and oxygen atoms in total. The Morgan fingerprint density at radius 1 is 1.53 bits per heavy atom. The molecule has 15 heavy (non-hydrogen) atoms. The number of nitrogens with zero attached hydrogens (tertiary/aromatic N) is 2. The largest absolute Gasteiger partial charge is 0.504 e. The first-order valence-corrected chi connectivity index (χ1v) is 4.92. The van der Waals surface area contributed by atoms with Crippen LogP contribution < -0.4 is 5.56 Å². The highest BCUT2D eigenvalue weighted by Gasteiger charge is 2.05. The summed E-state index contributed by atoms with van der Waals surface area (Å²) in [5.41, 5.74) is 0.890. The summed E-state index contributed by atoms with van der Waals surface area (Å²) < 4.78 is 1.38. The number of pyridine rings is 1. The van der Waals surface area contributed by atoms with Crippen LogP contribution in [-0.4, -0.2) is 14.5 Å². The van der Waals surface area contributed by atoms with Gasteiger partial charge in [0, 0.05) is 18.0 Å². The molecular weight excluding hydrogens is 192 g/mol. The molecule has 2 aromatic heterocycles. The van der Waals surface area contributed by atoms with Crippen molar-refractivity contribution in [1.29, 1.82) is 0 Å². The lowest BCUT2D eigenvalue weighted by atomic mass is 10.2. The van der Waals surface area contributed by atoms with Crippen LogP contribution in [0.25, 0.3) is 5.65 Å². The van der Waals surface area contributed by atoms with Crippen molar-refractivity contribution in [3.05, 3.63) is 40.4 Å². The number of rotatable bonds is 2. The van der Waals surface area contributed by atoms with Crippen LogP contribution in [0.4, 0.5) is 0 Å². The third-order valence-electron chi connectivity index (χ3n) is 2.30. The number of hydrogen-bond acceptors (Lipinski definition) is 3. The van der Waals surface area contributed by atoms with Crippen molar-refractivity contribution in [1.82, 2.24) is 9.38 Å². The van der Waals surface area contributed by atoms with Gasteiger partial charge in [0.15, 0.2) is 11.4 Å². The van der Waals surface area contributed by atoms with Crippen LogP contribution in [0.15, 0.2) is 29.3 Å². The van der Waals surface area contributed by atoms with Gasteiger partial charge in [0.2, 0.25) is 0 Å². The van der Waals surface area contributed by atoms with Gasteiger partial charge in [-0.25, -0.2) is 4.98 Å². The minimum Gasteiger partial charge on any atom is -0.504 e. The lowest BCUT2D eigenvalue weighted by Gasteiger charge is -2.03. The van der Waals surface area contributed by atoms with E-state index in [-0.39, 0.29) is 11.3 Å². The number of hydrogen-bond donors (Lipinski definition) is 1. The van der Waals surface area contributed by atoms with E-state index in [9.17, 15) is 9.90 Å². The molecular formula is C11H12N2O2. The molecule has 0 saturated carbocycles. The van der Waals surface area contributed by atoms with Gasteiger partial charge in [-0.3, -0.25) is 9.20 Å². The molecule has 0 atom stereocenters. The van der Waals surface area contributed by atoms with E-state index in [2.05, 4.69) is 4.98 Å². The average molecular weight is 204 g/mol. The Morgan fingerprint density at radius 2 is 2.33 bits per heavy atom. The van der Waals surface area contributed by atoms with E-state index in [1.165, 1.54) is 10.5 Å². The van der Waals surface area contributed by atoms with E-state index in [1.807, 2.05) is 6.92 Å². The molecule has 0 aliphatic heterocycles. The van der Waals surface area contributed by atoms with Crippen LogP contribution in [0.2, 0.25) is 0 Å². The smallest absolute Gasteiger partial charge is 0.261 e. The molecule has 1 N–H and O–H groups in total. The summed E-state index contributed by atoms with van der Waals surface area (Å²) in [5.74, 6) is 0.0256. The Kier molecular flexibility index (Phi) is 2.41. The SMILES string of the molecule is CCCc1cnc2c(O)cccn2c1=O. The summed E-state index contributed by atoms with van der Waals surface area (Å²) in [4.78, 5) is 16.0.